The fourth-order valence-electron chi connectivity index (χ4n) is 2.79. The van der Waals surface area contributed by atoms with Gasteiger partial charge in [0.2, 0.25) is 11.8 Å². The van der Waals surface area contributed by atoms with Gasteiger partial charge < -0.3 is 20.5 Å². The molecule has 1 saturated carbocycles. The monoisotopic (exact) mass is 395 g/mol. The van der Waals surface area contributed by atoms with Gasteiger partial charge in [0.05, 0.1) is 32.2 Å². The third-order valence-electron chi connectivity index (χ3n) is 4.88. The van der Waals surface area contributed by atoms with Gasteiger partial charge in [0.1, 0.15) is 24.4 Å². The molecule has 29 heavy (non-hydrogen) atoms. The van der Waals surface area contributed by atoms with Gasteiger partial charge in [0, 0.05) is 18.0 Å². The van der Waals surface area contributed by atoms with E-state index < -0.39 is 0 Å². The summed E-state index contributed by atoms with van der Waals surface area (Å²) in [6, 6.07) is 3.72. The van der Waals surface area contributed by atoms with Crippen molar-refractivity contribution in [1.29, 1.82) is 5.26 Å². The van der Waals surface area contributed by atoms with E-state index in [1.165, 1.54) is 12.4 Å². The average molecular weight is 395 g/mol. The molecule has 0 unspecified atom stereocenters. The summed E-state index contributed by atoms with van der Waals surface area (Å²) in [4.78, 5) is 14.3. The van der Waals surface area contributed by atoms with Crippen molar-refractivity contribution in [3.8, 4) is 6.07 Å². The van der Waals surface area contributed by atoms with Crippen molar-refractivity contribution in [2.75, 3.05) is 37.1 Å². The summed E-state index contributed by atoms with van der Waals surface area (Å²) in [6.45, 7) is 1.50. The molecule has 0 bridgehead atoms. The van der Waals surface area contributed by atoms with Gasteiger partial charge >= 0.3 is 0 Å². The Morgan fingerprint density at radius 1 is 1.38 bits per heavy atom. The topological polar surface area (TPSA) is 150 Å². The van der Waals surface area contributed by atoms with Crippen LogP contribution >= 0.6 is 0 Å². The van der Waals surface area contributed by atoms with E-state index in [-0.39, 0.29) is 11.1 Å². The molecule has 11 heteroatoms. The minimum Gasteiger partial charge on any atom is -0.482 e. The van der Waals surface area contributed by atoms with Crippen molar-refractivity contribution in [2.24, 2.45) is 16.1 Å². The Labute approximate surface area is 167 Å². The quantitative estimate of drug-likeness (QED) is 0.629. The maximum absolute atomic E-state index is 8.78. The lowest BCUT2D eigenvalue weighted by Crippen LogP contribution is -2.31. The number of hydrogen-bond donors (Lipinski definition) is 3. The largest absolute Gasteiger partial charge is 0.482 e. The molecule has 0 atom stereocenters. The zero-order valence-corrected chi connectivity index (χ0v) is 15.9. The average Bonchev–Trinajstić information content (AvgIpc) is 3.42. The van der Waals surface area contributed by atoms with E-state index in [1.807, 2.05) is 6.07 Å². The van der Waals surface area contributed by atoms with Crippen molar-refractivity contribution in [3.05, 3.63) is 36.1 Å². The molecule has 2 aromatic heterocycles. The van der Waals surface area contributed by atoms with Crippen LogP contribution in [-0.4, -0.2) is 53.0 Å². The van der Waals surface area contributed by atoms with Crippen LogP contribution in [0.15, 0.2) is 35.4 Å². The second kappa shape index (κ2) is 7.76. The zero-order chi connectivity index (χ0) is 20.3. The number of nitrogens with zero attached hydrogens (tertiary/aromatic N) is 6. The first kappa shape index (κ1) is 18.7. The number of aliphatic imine (C=N–C) groups is 1. The predicted molar refractivity (Wildman–Crippen MR) is 105 cm³/mol. The summed E-state index contributed by atoms with van der Waals surface area (Å²) in [5.41, 5.74) is 6.16. The van der Waals surface area contributed by atoms with Gasteiger partial charge in [-0.1, -0.05) is 0 Å². The lowest BCUT2D eigenvalue weighted by atomic mass is 10.1. The van der Waals surface area contributed by atoms with Gasteiger partial charge in [-0.3, -0.25) is 10.00 Å². The van der Waals surface area contributed by atoms with Gasteiger partial charge in [-0.15, -0.1) is 0 Å². The molecule has 2 aromatic rings. The molecular formula is C18H21N9O2. The summed E-state index contributed by atoms with van der Waals surface area (Å²) in [5.74, 6) is 2.82. The Balaban J connectivity index is 1.41. The van der Waals surface area contributed by atoms with Gasteiger partial charge in [0.25, 0.3) is 0 Å². The fraction of sp³-hybridized carbons (Fsp3) is 0.389. The van der Waals surface area contributed by atoms with E-state index in [9.17, 15) is 0 Å². The second-order valence-corrected chi connectivity index (χ2v) is 6.91. The van der Waals surface area contributed by atoms with E-state index in [1.54, 1.807) is 24.2 Å². The molecule has 0 radical (unpaired) electrons. The van der Waals surface area contributed by atoms with E-state index >= 15 is 0 Å². The number of H-pyrrole nitrogens is 1. The van der Waals surface area contributed by atoms with Crippen LogP contribution in [0.5, 0.6) is 0 Å². The number of nitriles is 1. The molecule has 3 heterocycles. The third-order valence-corrected chi connectivity index (χ3v) is 4.88. The molecule has 150 valence electrons. The highest BCUT2D eigenvalue weighted by atomic mass is 16.5. The minimum absolute atomic E-state index is 0.109. The molecule has 0 aromatic carbocycles. The van der Waals surface area contributed by atoms with E-state index in [4.69, 9.17) is 20.5 Å². The van der Waals surface area contributed by atoms with E-state index in [2.05, 4.69) is 30.5 Å². The molecular weight excluding hydrogens is 374 g/mol. The zero-order valence-electron chi connectivity index (χ0n) is 15.9. The Morgan fingerprint density at radius 3 is 2.90 bits per heavy atom. The molecule has 1 fully saturated rings. The summed E-state index contributed by atoms with van der Waals surface area (Å²) in [6.07, 6.45) is 6.79. The standard InChI is InChI=1S/C18H21N9O2/c1-28-17-5-16(29-10-18(9-20)2-3-18)23-11-27(17)15-4-13(25-26-15)24-14-8-21-12(6-19)7-22-14/h4-5,7-8H,2-3,9-11,20H2,1H3,(H2,22,24,25,26). The Kier molecular flexibility index (Phi) is 5.01. The highest BCUT2D eigenvalue weighted by Gasteiger charge is 2.42. The van der Waals surface area contributed by atoms with Crippen LogP contribution in [0.4, 0.5) is 17.5 Å². The number of hydrogen-bond acceptors (Lipinski definition) is 10. The van der Waals surface area contributed by atoms with Gasteiger partial charge in [0.15, 0.2) is 11.5 Å². The van der Waals surface area contributed by atoms with Crippen molar-refractivity contribution in [2.45, 2.75) is 12.8 Å². The van der Waals surface area contributed by atoms with Crippen LogP contribution in [0.3, 0.4) is 0 Å². The second-order valence-electron chi connectivity index (χ2n) is 6.91. The Hall–Kier alpha value is -3.65. The molecule has 0 saturated heterocycles. The van der Waals surface area contributed by atoms with Crippen LogP contribution in [0.25, 0.3) is 0 Å². The number of anilines is 3. The Morgan fingerprint density at radius 2 is 2.24 bits per heavy atom. The number of nitrogens with two attached hydrogens (primary N) is 1. The summed E-state index contributed by atoms with van der Waals surface area (Å²) < 4.78 is 11.3. The van der Waals surface area contributed by atoms with E-state index in [0.29, 0.717) is 49.1 Å². The lowest BCUT2D eigenvalue weighted by Gasteiger charge is -2.25. The number of nitrogens with one attached hydrogen (secondary N) is 2. The summed E-state index contributed by atoms with van der Waals surface area (Å²) in [5, 5.41) is 19.0. The normalized spacial score (nSPS) is 17.1. The van der Waals surface area contributed by atoms with Crippen molar-refractivity contribution in [3.63, 3.8) is 0 Å². The van der Waals surface area contributed by atoms with Gasteiger partial charge in [-0.2, -0.15) is 10.4 Å². The number of aromatic nitrogens is 4. The van der Waals surface area contributed by atoms with Crippen LogP contribution in [0.1, 0.15) is 18.5 Å². The number of aromatic amines is 1. The molecule has 11 nitrogen and oxygen atoms in total. The first-order valence-electron chi connectivity index (χ1n) is 9.10. The molecule has 4 N–H and O–H groups in total. The molecule has 4 rings (SSSR count). The maximum atomic E-state index is 8.78. The predicted octanol–water partition coefficient (Wildman–Crippen LogP) is 1.23. The molecule has 0 amide bonds. The minimum atomic E-state index is 0.109. The summed E-state index contributed by atoms with van der Waals surface area (Å²) >= 11 is 0. The van der Waals surface area contributed by atoms with Gasteiger partial charge in [-0.05, 0) is 12.8 Å². The Bertz CT molecular complexity index is 970. The van der Waals surface area contributed by atoms with Crippen molar-refractivity contribution >= 4 is 23.4 Å². The molecule has 0 spiro atoms. The van der Waals surface area contributed by atoms with Crippen LogP contribution < -0.4 is 16.0 Å². The number of methoxy groups -OCH3 is 1. The smallest absolute Gasteiger partial charge is 0.215 e. The lowest BCUT2D eigenvalue weighted by molar-refractivity contribution is 0.223. The third kappa shape index (κ3) is 4.12. The van der Waals surface area contributed by atoms with Gasteiger partial charge in [-0.25, -0.2) is 15.0 Å². The SMILES string of the molecule is COC1=CC(OCC2(CN)CC2)=NCN1c1cc(Nc2cnc(C#N)cn2)[nH]n1. The number of rotatable bonds is 7. The van der Waals surface area contributed by atoms with Crippen molar-refractivity contribution < 1.29 is 9.47 Å². The summed E-state index contributed by atoms with van der Waals surface area (Å²) in [7, 11) is 1.59. The van der Waals surface area contributed by atoms with Crippen molar-refractivity contribution in [1.82, 2.24) is 20.2 Å². The molecule has 1 aliphatic carbocycles. The van der Waals surface area contributed by atoms with Crippen LogP contribution in [-0.2, 0) is 9.47 Å². The fourth-order valence-corrected chi connectivity index (χ4v) is 2.79. The maximum Gasteiger partial charge on any atom is 0.215 e. The van der Waals surface area contributed by atoms with Crippen LogP contribution in [0.2, 0.25) is 0 Å². The number of ether oxygens (including phenoxy) is 2. The first-order valence-corrected chi connectivity index (χ1v) is 9.10. The van der Waals surface area contributed by atoms with E-state index in [0.717, 1.165) is 12.8 Å². The molecule has 2 aliphatic rings. The highest BCUT2D eigenvalue weighted by molar-refractivity contribution is 5.90. The highest BCUT2D eigenvalue weighted by Crippen LogP contribution is 2.44. The molecule has 1 aliphatic heterocycles. The van der Waals surface area contributed by atoms with Crippen LogP contribution in [0, 0.1) is 16.7 Å². The first-order chi connectivity index (χ1) is 14.1.